The number of carbonyl (C=O) groups is 2. The Morgan fingerprint density at radius 3 is 2.61 bits per heavy atom. The lowest BCUT2D eigenvalue weighted by Crippen LogP contribution is -2.44. The molecule has 0 atom stereocenters. The smallest absolute Gasteiger partial charge is 0.407 e. The van der Waals surface area contributed by atoms with E-state index in [1.807, 2.05) is 7.05 Å². The van der Waals surface area contributed by atoms with E-state index in [9.17, 15) is 9.59 Å². The standard InChI is InChI=1S/C16H21ClN2O4/c1-18(13-5-7-19(8-6-13)16(21)22)10-12-9-11(15(20)23-2)3-4-14(12)17/h3-4,9,13H,5-8,10H2,1-2H3,(H,21,22). The van der Waals surface area contributed by atoms with Gasteiger partial charge < -0.3 is 14.7 Å². The Kier molecular flexibility index (Phi) is 5.85. The highest BCUT2D eigenvalue weighted by Crippen LogP contribution is 2.23. The van der Waals surface area contributed by atoms with Crippen LogP contribution in [0.25, 0.3) is 0 Å². The van der Waals surface area contributed by atoms with Crippen molar-refractivity contribution in [2.75, 3.05) is 27.2 Å². The van der Waals surface area contributed by atoms with E-state index in [1.54, 1.807) is 18.2 Å². The predicted molar refractivity (Wildman–Crippen MR) is 86.9 cm³/mol. The van der Waals surface area contributed by atoms with Crippen molar-refractivity contribution in [3.63, 3.8) is 0 Å². The highest BCUT2D eigenvalue weighted by atomic mass is 35.5. The monoisotopic (exact) mass is 340 g/mol. The number of esters is 1. The molecular formula is C16H21ClN2O4. The second-order valence-electron chi connectivity index (χ2n) is 5.71. The Labute approximate surface area is 140 Å². The number of benzene rings is 1. The molecule has 0 radical (unpaired) electrons. The van der Waals surface area contributed by atoms with E-state index < -0.39 is 6.09 Å². The minimum absolute atomic E-state index is 0.295. The van der Waals surface area contributed by atoms with Crippen LogP contribution < -0.4 is 0 Å². The van der Waals surface area contributed by atoms with Gasteiger partial charge in [-0.1, -0.05) is 11.6 Å². The maximum Gasteiger partial charge on any atom is 0.407 e. The van der Waals surface area contributed by atoms with Gasteiger partial charge >= 0.3 is 12.1 Å². The van der Waals surface area contributed by atoms with Crippen LogP contribution in [0.15, 0.2) is 18.2 Å². The molecule has 1 amide bonds. The first-order valence-electron chi connectivity index (χ1n) is 7.47. The van der Waals surface area contributed by atoms with Crippen molar-refractivity contribution in [1.82, 2.24) is 9.80 Å². The Hall–Kier alpha value is -1.79. The number of amides is 1. The number of ether oxygens (including phenoxy) is 1. The first-order chi connectivity index (χ1) is 10.9. The molecule has 1 aliphatic heterocycles. The molecule has 1 N–H and O–H groups in total. The van der Waals surface area contributed by atoms with Gasteiger partial charge in [-0.15, -0.1) is 0 Å². The third-order valence-corrected chi connectivity index (χ3v) is 4.61. The van der Waals surface area contributed by atoms with Gasteiger partial charge in [-0.25, -0.2) is 9.59 Å². The minimum Gasteiger partial charge on any atom is -0.465 e. The van der Waals surface area contributed by atoms with E-state index in [0.717, 1.165) is 18.4 Å². The van der Waals surface area contributed by atoms with Crippen molar-refractivity contribution < 1.29 is 19.4 Å². The molecule has 0 aliphatic carbocycles. The SMILES string of the molecule is COC(=O)c1ccc(Cl)c(CN(C)C2CCN(C(=O)O)CC2)c1. The molecule has 23 heavy (non-hydrogen) atoms. The van der Waals surface area contributed by atoms with Gasteiger partial charge in [0.05, 0.1) is 12.7 Å². The van der Waals surface area contributed by atoms with Crippen LogP contribution in [0, 0.1) is 0 Å². The van der Waals surface area contributed by atoms with E-state index in [-0.39, 0.29) is 5.97 Å². The molecule has 0 saturated carbocycles. The maximum absolute atomic E-state index is 11.6. The number of piperidine rings is 1. The lowest BCUT2D eigenvalue weighted by atomic mass is 10.0. The van der Waals surface area contributed by atoms with E-state index >= 15 is 0 Å². The maximum atomic E-state index is 11.6. The summed E-state index contributed by atoms with van der Waals surface area (Å²) in [5.41, 5.74) is 1.33. The molecule has 2 rings (SSSR count). The van der Waals surface area contributed by atoms with Gasteiger partial charge in [0.15, 0.2) is 0 Å². The quantitative estimate of drug-likeness (QED) is 0.853. The molecule has 1 heterocycles. The van der Waals surface area contributed by atoms with Crippen LogP contribution in [0.3, 0.4) is 0 Å². The van der Waals surface area contributed by atoms with Crippen LogP contribution in [0.1, 0.15) is 28.8 Å². The van der Waals surface area contributed by atoms with Gasteiger partial charge in [-0.2, -0.15) is 0 Å². The summed E-state index contributed by atoms with van der Waals surface area (Å²) >= 11 is 6.23. The molecule has 1 saturated heterocycles. The van der Waals surface area contributed by atoms with Crippen LogP contribution >= 0.6 is 11.6 Å². The van der Waals surface area contributed by atoms with Crippen LogP contribution in [0.5, 0.6) is 0 Å². The summed E-state index contributed by atoms with van der Waals surface area (Å²) in [4.78, 5) is 26.2. The number of halogens is 1. The molecule has 0 bridgehead atoms. The number of methoxy groups -OCH3 is 1. The lowest BCUT2D eigenvalue weighted by molar-refractivity contribution is 0.0600. The Bertz CT molecular complexity index is 585. The minimum atomic E-state index is -0.861. The van der Waals surface area contributed by atoms with Gasteiger partial charge in [-0.05, 0) is 43.7 Å². The first kappa shape index (κ1) is 17.6. The molecule has 1 aliphatic rings. The van der Waals surface area contributed by atoms with Gasteiger partial charge in [-0.3, -0.25) is 4.90 Å². The zero-order valence-corrected chi connectivity index (χ0v) is 14.0. The lowest BCUT2D eigenvalue weighted by Gasteiger charge is -2.35. The Morgan fingerprint density at radius 1 is 1.39 bits per heavy atom. The van der Waals surface area contributed by atoms with Gasteiger partial charge in [0.1, 0.15) is 0 Å². The molecule has 0 spiro atoms. The van der Waals surface area contributed by atoms with Crippen LogP contribution in [0.2, 0.25) is 5.02 Å². The number of nitrogens with zero attached hydrogens (tertiary/aromatic N) is 2. The fourth-order valence-corrected chi connectivity index (χ4v) is 3.01. The van der Waals surface area contributed by atoms with Crippen molar-refractivity contribution in [1.29, 1.82) is 0 Å². The average molecular weight is 341 g/mol. The summed E-state index contributed by atoms with van der Waals surface area (Å²) in [7, 11) is 3.33. The van der Waals surface area contributed by atoms with E-state index in [4.69, 9.17) is 21.4 Å². The summed E-state index contributed by atoms with van der Waals surface area (Å²) in [6.07, 6.45) is 0.716. The number of rotatable bonds is 4. The molecular weight excluding hydrogens is 320 g/mol. The van der Waals surface area contributed by atoms with Crippen molar-refractivity contribution in [3.05, 3.63) is 34.3 Å². The number of likely N-dealkylation sites (tertiary alicyclic amines) is 1. The fourth-order valence-electron chi connectivity index (χ4n) is 2.84. The van der Waals surface area contributed by atoms with Crippen molar-refractivity contribution in [2.24, 2.45) is 0 Å². The third kappa shape index (κ3) is 4.36. The second kappa shape index (κ2) is 7.66. The summed E-state index contributed by atoms with van der Waals surface area (Å²) < 4.78 is 4.73. The van der Waals surface area contributed by atoms with Crippen molar-refractivity contribution in [3.8, 4) is 0 Å². The Morgan fingerprint density at radius 2 is 2.04 bits per heavy atom. The zero-order chi connectivity index (χ0) is 17.0. The predicted octanol–water partition coefficient (Wildman–Crippen LogP) is 2.70. The third-order valence-electron chi connectivity index (χ3n) is 4.24. The largest absolute Gasteiger partial charge is 0.465 e. The van der Waals surface area contributed by atoms with E-state index in [0.29, 0.717) is 36.3 Å². The van der Waals surface area contributed by atoms with Crippen LogP contribution in [-0.2, 0) is 11.3 Å². The molecule has 7 heteroatoms. The normalized spacial score (nSPS) is 15.7. The summed E-state index contributed by atoms with van der Waals surface area (Å²) in [6, 6.07) is 5.38. The highest BCUT2D eigenvalue weighted by Gasteiger charge is 2.25. The molecule has 1 aromatic carbocycles. The van der Waals surface area contributed by atoms with Crippen molar-refractivity contribution in [2.45, 2.75) is 25.4 Å². The molecule has 1 fully saturated rings. The summed E-state index contributed by atoms with van der Waals surface area (Å²) in [5.74, 6) is -0.389. The molecule has 0 unspecified atom stereocenters. The van der Waals surface area contributed by atoms with Gasteiger partial charge in [0, 0.05) is 30.7 Å². The van der Waals surface area contributed by atoms with Crippen LogP contribution in [-0.4, -0.2) is 60.3 Å². The number of carbonyl (C=O) groups excluding carboxylic acids is 1. The molecule has 1 aromatic rings. The first-order valence-corrected chi connectivity index (χ1v) is 7.85. The topological polar surface area (TPSA) is 70.1 Å². The summed E-state index contributed by atoms with van der Waals surface area (Å²) in [6.45, 7) is 1.68. The number of hydrogen-bond donors (Lipinski definition) is 1. The number of carboxylic acid groups (broad SMARTS) is 1. The van der Waals surface area contributed by atoms with Crippen LogP contribution in [0.4, 0.5) is 4.79 Å². The zero-order valence-electron chi connectivity index (χ0n) is 13.3. The fraction of sp³-hybridized carbons (Fsp3) is 0.500. The second-order valence-corrected chi connectivity index (χ2v) is 6.12. The van der Waals surface area contributed by atoms with E-state index in [1.165, 1.54) is 12.0 Å². The molecule has 0 aromatic heterocycles. The molecule has 126 valence electrons. The molecule has 6 nitrogen and oxygen atoms in total. The number of hydrogen-bond acceptors (Lipinski definition) is 4. The highest BCUT2D eigenvalue weighted by molar-refractivity contribution is 6.31. The van der Waals surface area contributed by atoms with E-state index in [2.05, 4.69) is 4.90 Å². The van der Waals surface area contributed by atoms with Gasteiger partial charge in [0.2, 0.25) is 0 Å². The Balaban J connectivity index is 2.01. The van der Waals surface area contributed by atoms with Gasteiger partial charge in [0.25, 0.3) is 0 Å². The average Bonchev–Trinajstić information content (AvgIpc) is 2.56. The van der Waals surface area contributed by atoms with Crippen molar-refractivity contribution >= 4 is 23.7 Å². The summed E-state index contributed by atoms with van der Waals surface area (Å²) in [5, 5.41) is 9.60.